The fraction of sp³-hybridized carbons (Fsp3) is 0.500. The van der Waals surface area contributed by atoms with E-state index in [9.17, 15) is 9.59 Å². The van der Waals surface area contributed by atoms with Crippen molar-refractivity contribution in [3.63, 3.8) is 0 Å². The van der Waals surface area contributed by atoms with Gasteiger partial charge in [-0.15, -0.1) is 0 Å². The van der Waals surface area contributed by atoms with Gasteiger partial charge in [-0.25, -0.2) is 0 Å². The van der Waals surface area contributed by atoms with E-state index < -0.39 is 27.0 Å². The van der Waals surface area contributed by atoms with Crippen molar-refractivity contribution in [2.24, 2.45) is 0 Å². The Morgan fingerprint density at radius 2 is 1.91 bits per heavy atom. The molecule has 126 valence electrons. The predicted molar refractivity (Wildman–Crippen MR) is 85.5 cm³/mol. The van der Waals surface area contributed by atoms with E-state index in [2.05, 4.69) is 6.92 Å². The Labute approximate surface area is 137 Å². The zero-order valence-corrected chi connectivity index (χ0v) is 15.0. The fourth-order valence-corrected chi connectivity index (χ4v) is 4.00. The minimum Gasteiger partial charge on any atom is -0.484 e. The monoisotopic (exact) mass is 338 g/mol. The molecular formula is C16H22O6Si. The van der Waals surface area contributed by atoms with Gasteiger partial charge in [0, 0.05) is 37.9 Å². The maximum absolute atomic E-state index is 11.2. The smallest absolute Gasteiger partial charge is 0.483 e. The van der Waals surface area contributed by atoms with Crippen molar-refractivity contribution in [2.45, 2.75) is 52.9 Å². The molecule has 1 aliphatic heterocycles. The molecule has 1 aromatic rings. The molecule has 1 aromatic carbocycles. The summed E-state index contributed by atoms with van der Waals surface area (Å²) in [4.78, 5) is 22.5. The van der Waals surface area contributed by atoms with Crippen LogP contribution in [-0.2, 0) is 29.8 Å². The Morgan fingerprint density at radius 1 is 1.26 bits per heavy atom. The summed E-state index contributed by atoms with van der Waals surface area (Å²) >= 11 is 0. The molecular weight excluding hydrogens is 316 g/mol. The molecule has 0 N–H and O–H groups in total. The van der Waals surface area contributed by atoms with Crippen LogP contribution in [0.5, 0.6) is 5.75 Å². The molecule has 0 saturated carbocycles. The van der Waals surface area contributed by atoms with E-state index in [0.717, 1.165) is 24.2 Å². The topological polar surface area (TPSA) is 71.1 Å². The summed E-state index contributed by atoms with van der Waals surface area (Å²) in [6.07, 6.45) is 1.75. The largest absolute Gasteiger partial charge is 0.484 e. The molecule has 23 heavy (non-hydrogen) atoms. The van der Waals surface area contributed by atoms with Crippen LogP contribution in [0.3, 0.4) is 0 Å². The van der Waals surface area contributed by atoms with Gasteiger partial charge >= 0.3 is 9.28 Å². The summed E-state index contributed by atoms with van der Waals surface area (Å²) in [6, 6.07) is 5.41. The molecule has 1 aliphatic rings. The van der Waals surface area contributed by atoms with Gasteiger partial charge in [0.1, 0.15) is 5.75 Å². The molecule has 1 atom stereocenters. The summed E-state index contributed by atoms with van der Waals surface area (Å²) in [5.41, 5.74) is 0.855. The Morgan fingerprint density at radius 3 is 2.48 bits per heavy atom. The van der Waals surface area contributed by atoms with E-state index in [1.165, 1.54) is 13.8 Å². The van der Waals surface area contributed by atoms with E-state index in [1.54, 1.807) is 6.07 Å². The second kappa shape index (κ2) is 7.14. The quantitative estimate of drug-likeness (QED) is 0.761. The summed E-state index contributed by atoms with van der Waals surface area (Å²) in [5, 5.41) is 0.695. The Balaban J connectivity index is 2.23. The highest BCUT2D eigenvalue weighted by atomic mass is 28.3. The molecule has 0 aromatic heterocycles. The van der Waals surface area contributed by atoms with Crippen molar-refractivity contribution in [1.82, 2.24) is 0 Å². The minimum atomic E-state index is -2.61. The predicted octanol–water partition coefficient (Wildman–Crippen LogP) is 1.67. The molecule has 0 amide bonds. The van der Waals surface area contributed by atoms with E-state index in [1.807, 2.05) is 19.1 Å². The van der Waals surface area contributed by atoms with Gasteiger partial charge in [0.2, 0.25) is 5.79 Å². The molecule has 0 saturated heterocycles. The van der Waals surface area contributed by atoms with E-state index in [-0.39, 0.29) is 0 Å². The van der Waals surface area contributed by atoms with Crippen LogP contribution >= 0.6 is 0 Å². The number of hydrogen-bond donors (Lipinski definition) is 0. The van der Waals surface area contributed by atoms with Crippen molar-refractivity contribution in [2.75, 3.05) is 0 Å². The first-order chi connectivity index (χ1) is 10.8. The van der Waals surface area contributed by atoms with Crippen LogP contribution in [0.25, 0.3) is 0 Å². The SMILES string of the molecule is CCCC1(C)OCc2cc([SiH](OC(C)=O)OC(C)=O)ccc2O1. The number of ether oxygens (including phenoxy) is 2. The first kappa shape index (κ1) is 17.5. The van der Waals surface area contributed by atoms with Gasteiger partial charge in [-0.1, -0.05) is 13.0 Å². The number of benzene rings is 1. The van der Waals surface area contributed by atoms with E-state index in [4.69, 9.17) is 18.3 Å². The van der Waals surface area contributed by atoms with Gasteiger partial charge in [0.25, 0.3) is 11.9 Å². The lowest BCUT2D eigenvalue weighted by Crippen LogP contribution is -2.42. The summed E-state index contributed by atoms with van der Waals surface area (Å²) in [7, 11) is -2.61. The standard InChI is InChI=1S/C16H22O6Si/c1-5-8-16(4)19-10-13-9-14(6-7-15(13)20-16)23(21-11(2)17)22-12(3)18/h6-7,9,23H,5,8,10H2,1-4H3. The third-order valence-electron chi connectivity index (χ3n) is 3.47. The maximum Gasteiger partial charge on any atom is 0.483 e. The minimum absolute atomic E-state index is 0.404. The highest BCUT2D eigenvalue weighted by Gasteiger charge is 2.33. The molecule has 7 heteroatoms. The molecule has 1 heterocycles. The highest BCUT2D eigenvalue weighted by molar-refractivity contribution is 6.64. The molecule has 0 spiro atoms. The Hall–Kier alpha value is -1.86. The van der Waals surface area contributed by atoms with Gasteiger partial charge < -0.3 is 18.3 Å². The first-order valence-electron chi connectivity index (χ1n) is 7.63. The average Bonchev–Trinajstić information content (AvgIpc) is 2.45. The summed E-state index contributed by atoms with van der Waals surface area (Å²) in [6.45, 7) is 6.99. The van der Waals surface area contributed by atoms with E-state index >= 15 is 0 Å². The highest BCUT2D eigenvalue weighted by Crippen LogP contribution is 2.33. The summed E-state index contributed by atoms with van der Waals surface area (Å²) < 4.78 is 22.1. The van der Waals surface area contributed by atoms with Crippen molar-refractivity contribution < 1.29 is 27.9 Å². The van der Waals surface area contributed by atoms with Crippen LogP contribution in [0.4, 0.5) is 0 Å². The molecule has 0 radical (unpaired) electrons. The van der Waals surface area contributed by atoms with Crippen LogP contribution in [0.1, 0.15) is 46.1 Å². The number of hydrogen-bond acceptors (Lipinski definition) is 6. The first-order valence-corrected chi connectivity index (χ1v) is 9.15. The van der Waals surface area contributed by atoms with Gasteiger partial charge in [-0.3, -0.25) is 9.59 Å². The van der Waals surface area contributed by atoms with Crippen LogP contribution in [0.2, 0.25) is 0 Å². The Kier molecular flexibility index (Phi) is 5.43. The summed E-state index contributed by atoms with van der Waals surface area (Å²) in [5.74, 6) is -0.812. The normalized spacial score (nSPS) is 19.7. The zero-order valence-electron chi connectivity index (χ0n) is 13.9. The van der Waals surface area contributed by atoms with Crippen LogP contribution in [0, 0.1) is 0 Å². The maximum atomic E-state index is 11.2. The van der Waals surface area contributed by atoms with Crippen LogP contribution in [0.15, 0.2) is 18.2 Å². The second-order valence-corrected chi connectivity index (χ2v) is 7.49. The lowest BCUT2D eigenvalue weighted by Gasteiger charge is -2.35. The van der Waals surface area contributed by atoms with Gasteiger partial charge in [0.05, 0.1) is 6.61 Å². The molecule has 1 unspecified atom stereocenters. The molecule has 0 aliphatic carbocycles. The van der Waals surface area contributed by atoms with Crippen LogP contribution < -0.4 is 9.92 Å². The van der Waals surface area contributed by atoms with Gasteiger partial charge in [0.15, 0.2) is 0 Å². The lowest BCUT2D eigenvalue weighted by atomic mass is 10.1. The molecule has 2 rings (SSSR count). The third-order valence-corrected chi connectivity index (χ3v) is 5.46. The second-order valence-electron chi connectivity index (χ2n) is 5.69. The molecule has 0 fully saturated rings. The number of carbonyl (C=O) groups is 2. The third kappa shape index (κ3) is 4.55. The van der Waals surface area contributed by atoms with Crippen LogP contribution in [-0.4, -0.2) is 27.0 Å². The molecule has 6 nitrogen and oxygen atoms in total. The van der Waals surface area contributed by atoms with Crippen molar-refractivity contribution in [3.05, 3.63) is 23.8 Å². The number of fused-ring (bicyclic) bond motifs is 1. The van der Waals surface area contributed by atoms with Gasteiger partial charge in [-0.2, -0.15) is 0 Å². The van der Waals surface area contributed by atoms with Crippen molar-refractivity contribution in [3.8, 4) is 5.75 Å². The number of rotatable bonds is 5. The fourth-order valence-electron chi connectivity index (χ4n) is 2.49. The molecule has 0 bridgehead atoms. The number of carbonyl (C=O) groups excluding carboxylic acids is 2. The van der Waals surface area contributed by atoms with E-state index in [0.29, 0.717) is 11.8 Å². The Bertz CT molecular complexity index is 586. The zero-order chi connectivity index (χ0) is 17.0. The van der Waals surface area contributed by atoms with Crippen molar-refractivity contribution in [1.29, 1.82) is 0 Å². The lowest BCUT2D eigenvalue weighted by molar-refractivity contribution is -0.197. The van der Waals surface area contributed by atoms with Crippen molar-refractivity contribution >= 4 is 26.4 Å². The van der Waals surface area contributed by atoms with Gasteiger partial charge in [-0.05, 0) is 18.6 Å². The average molecular weight is 338 g/mol.